The van der Waals surface area contributed by atoms with Gasteiger partial charge in [0.05, 0.1) is 12.1 Å². The molecule has 0 saturated carbocycles. The third-order valence-electron chi connectivity index (χ3n) is 4.63. The highest BCUT2D eigenvalue weighted by Gasteiger charge is 2.34. The van der Waals surface area contributed by atoms with Crippen molar-refractivity contribution >= 4 is 30.7 Å². The summed E-state index contributed by atoms with van der Waals surface area (Å²) in [6, 6.07) is 0. The molecule has 1 aromatic heterocycles. The van der Waals surface area contributed by atoms with Gasteiger partial charge >= 0.3 is 0 Å². The van der Waals surface area contributed by atoms with Crippen LogP contribution in [-0.4, -0.2) is 59.9 Å². The summed E-state index contributed by atoms with van der Waals surface area (Å²) in [5, 5.41) is 10.7. The first-order valence-corrected chi connectivity index (χ1v) is 7.93. The molecular weight excluding hydrogens is 337 g/mol. The highest BCUT2D eigenvalue weighted by molar-refractivity contribution is 5.85. The fraction of sp³-hybridized carbons (Fsp3) is 0.733. The average molecular weight is 364 g/mol. The number of carbonyl (C=O) groups excluding carboxylic acids is 1. The van der Waals surface area contributed by atoms with Crippen LogP contribution in [0.5, 0.6) is 0 Å². The molecule has 0 aliphatic carbocycles. The van der Waals surface area contributed by atoms with E-state index in [0.29, 0.717) is 0 Å². The molecule has 2 aliphatic rings. The largest absolute Gasteiger partial charge is 0.355 e. The topological polar surface area (TPSA) is 62.2 Å². The van der Waals surface area contributed by atoms with E-state index in [9.17, 15) is 4.79 Å². The van der Waals surface area contributed by atoms with Crippen LogP contribution in [0.3, 0.4) is 0 Å². The summed E-state index contributed by atoms with van der Waals surface area (Å²) in [6.45, 7) is 5.71. The van der Waals surface area contributed by atoms with E-state index in [1.165, 1.54) is 25.9 Å². The van der Waals surface area contributed by atoms with Gasteiger partial charge in [-0.25, -0.2) is 0 Å². The summed E-state index contributed by atoms with van der Waals surface area (Å²) in [6.07, 6.45) is 6.48. The molecule has 3 heterocycles. The molecule has 23 heavy (non-hydrogen) atoms. The first-order valence-electron chi connectivity index (χ1n) is 7.93. The van der Waals surface area contributed by atoms with Crippen molar-refractivity contribution in [3.05, 3.63) is 18.0 Å². The highest BCUT2D eigenvalue weighted by atomic mass is 35.5. The Hall–Kier alpha value is -0.820. The molecule has 6 nitrogen and oxygen atoms in total. The fourth-order valence-electron chi connectivity index (χ4n) is 3.41. The zero-order valence-corrected chi connectivity index (χ0v) is 15.2. The quantitative estimate of drug-likeness (QED) is 0.811. The second-order valence-electron chi connectivity index (χ2n) is 6.16. The van der Waals surface area contributed by atoms with Crippen LogP contribution in [0.25, 0.3) is 0 Å². The number of hydrogen-bond acceptors (Lipinski definition) is 4. The average Bonchev–Trinajstić information content (AvgIpc) is 3.18. The second kappa shape index (κ2) is 9.47. The third kappa shape index (κ3) is 5.08. The van der Waals surface area contributed by atoms with E-state index in [0.717, 1.165) is 31.7 Å². The molecule has 132 valence electrons. The summed E-state index contributed by atoms with van der Waals surface area (Å²) >= 11 is 0. The van der Waals surface area contributed by atoms with Crippen molar-refractivity contribution in [3.8, 4) is 0 Å². The van der Waals surface area contributed by atoms with Crippen molar-refractivity contribution in [2.24, 2.45) is 13.0 Å². The van der Waals surface area contributed by atoms with Gasteiger partial charge in [0, 0.05) is 45.3 Å². The monoisotopic (exact) mass is 363 g/mol. The minimum absolute atomic E-state index is 0. The fourth-order valence-corrected chi connectivity index (χ4v) is 3.41. The van der Waals surface area contributed by atoms with Crippen LogP contribution < -0.4 is 10.6 Å². The zero-order valence-electron chi connectivity index (χ0n) is 13.5. The minimum Gasteiger partial charge on any atom is -0.355 e. The van der Waals surface area contributed by atoms with Crippen molar-refractivity contribution in [2.45, 2.75) is 18.8 Å². The summed E-state index contributed by atoms with van der Waals surface area (Å²) in [5.74, 6) is 0.436. The van der Waals surface area contributed by atoms with E-state index in [2.05, 4.69) is 20.6 Å². The van der Waals surface area contributed by atoms with Crippen LogP contribution in [0.4, 0.5) is 0 Å². The predicted molar refractivity (Wildman–Crippen MR) is 95.5 cm³/mol. The number of carbonyl (C=O) groups is 1. The van der Waals surface area contributed by atoms with E-state index in [-0.39, 0.29) is 42.6 Å². The molecule has 0 bridgehead atoms. The predicted octanol–water partition coefficient (Wildman–Crippen LogP) is 0.779. The molecule has 2 fully saturated rings. The number of likely N-dealkylation sites (tertiary alicyclic amines) is 1. The number of amides is 1. The molecule has 3 rings (SSSR count). The van der Waals surface area contributed by atoms with Crippen LogP contribution in [-0.2, 0) is 11.8 Å². The van der Waals surface area contributed by atoms with Gasteiger partial charge in [0.15, 0.2) is 0 Å². The zero-order chi connectivity index (χ0) is 14.7. The van der Waals surface area contributed by atoms with Crippen LogP contribution in [0.1, 0.15) is 24.3 Å². The normalized spacial score (nSPS) is 24.0. The van der Waals surface area contributed by atoms with E-state index in [4.69, 9.17) is 0 Å². The van der Waals surface area contributed by atoms with Crippen LogP contribution in [0.2, 0.25) is 0 Å². The Kier molecular flexibility index (Phi) is 8.33. The summed E-state index contributed by atoms with van der Waals surface area (Å²) < 4.78 is 1.80. The van der Waals surface area contributed by atoms with E-state index >= 15 is 0 Å². The lowest BCUT2D eigenvalue weighted by Gasteiger charge is -2.19. The number of aryl methyl sites for hydroxylation is 1. The van der Waals surface area contributed by atoms with Crippen molar-refractivity contribution in [3.63, 3.8) is 0 Å². The SMILES string of the molecule is Cl.Cl.Cn1cc([C@H]2CNC[C@@H]2C(=O)NCCN2CCCC2)cn1. The number of rotatable bonds is 5. The maximum atomic E-state index is 12.4. The molecule has 8 heteroatoms. The van der Waals surface area contributed by atoms with Crippen molar-refractivity contribution < 1.29 is 4.79 Å². The van der Waals surface area contributed by atoms with Crippen LogP contribution in [0, 0.1) is 5.92 Å². The maximum absolute atomic E-state index is 12.4. The molecule has 2 atom stereocenters. The Morgan fingerprint density at radius 2 is 2.09 bits per heavy atom. The Bertz CT molecular complexity index is 490. The van der Waals surface area contributed by atoms with Gasteiger partial charge in [-0.05, 0) is 31.5 Å². The smallest absolute Gasteiger partial charge is 0.225 e. The Balaban J connectivity index is 0.00000132. The van der Waals surface area contributed by atoms with Gasteiger partial charge in [0.25, 0.3) is 0 Å². The van der Waals surface area contributed by atoms with Gasteiger partial charge in [-0.1, -0.05) is 0 Å². The van der Waals surface area contributed by atoms with E-state index in [1.807, 2.05) is 19.4 Å². The van der Waals surface area contributed by atoms with Gasteiger partial charge in [0.2, 0.25) is 5.91 Å². The second-order valence-corrected chi connectivity index (χ2v) is 6.16. The van der Waals surface area contributed by atoms with Crippen molar-refractivity contribution in [1.29, 1.82) is 0 Å². The molecular formula is C15H27Cl2N5O. The molecule has 0 unspecified atom stereocenters. The molecule has 1 aromatic rings. The Labute approximate surface area is 150 Å². The third-order valence-corrected chi connectivity index (χ3v) is 4.63. The minimum atomic E-state index is 0. The standard InChI is InChI=1S/C15H25N5O.2ClH/c1-19-11-12(8-18-19)13-9-16-10-14(13)15(21)17-4-7-20-5-2-3-6-20;;/h8,11,13-14,16H,2-7,9-10H2,1H3,(H,17,21);2*1H/t13-,14+;;/m1../s1. The van der Waals surface area contributed by atoms with Gasteiger partial charge < -0.3 is 15.5 Å². The molecule has 2 saturated heterocycles. The molecule has 0 aromatic carbocycles. The lowest BCUT2D eigenvalue weighted by Crippen LogP contribution is -2.38. The van der Waals surface area contributed by atoms with E-state index in [1.54, 1.807) is 4.68 Å². The van der Waals surface area contributed by atoms with Crippen molar-refractivity contribution in [1.82, 2.24) is 25.3 Å². The molecule has 0 radical (unpaired) electrons. The van der Waals surface area contributed by atoms with Crippen LogP contribution in [0.15, 0.2) is 12.4 Å². The molecule has 2 N–H and O–H groups in total. The summed E-state index contributed by atoms with van der Waals surface area (Å²) in [7, 11) is 1.91. The number of nitrogens with zero attached hydrogens (tertiary/aromatic N) is 3. The van der Waals surface area contributed by atoms with Gasteiger partial charge in [0.1, 0.15) is 0 Å². The van der Waals surface area contributed by atoms with Gasteiger partial charge in [-0.2, -0.15) is 5.10 Å². The Morgan fingerprint density at radius 3 is 2.74 bits per heavy atom. The number of halogens is 2. The lowest BCUT2D eigenvalue weighted by molar-refractivity contribution is -0.124. The number of hydrogen-bond donors (Lipinski definition) is 2. The first-order chi connectivity index (χ1) is 10.2. The number of nitrogens with one attached hydrogen (secondary N) is 2. The summed E-state index contributed by atoms with van der Waals surface area (Å²) in [5.41, 5.74) is 1.15. The van der Waals surface area contributed by atoms with Crippen molar-refractivity contribution in [2.75, 3.05) is 39.3 Å². The van der Waals surface area contributed by atoms with E-state index < -0.39 is 0 Å². The van der Waals surface area contributed by atoms with Crippen LogP contribution >= 0.6 is 24.8 Å². The molecule has 2 aliphatic heterocycles. The van der Waals surface area contributed by atoms with Gasteiger partial charge in [-0.3, -0.25) is 9.48 Å². The molecule has 1 amide bonds. The number of aromatic nitrogens is 2. The lowest BCUT2D eigenvalue weighted by atomic mass is 9.90. The molecule has 0 spiro atoms. The Morgan fingerprint density at radius 1 is 1.35 bits per heavy atom. The maximum Gasteiger partial charge on any atom is 0.225 e. The highest BCUT2D eigenvalue weighted by Crippen LogP contribution is 2.27. The summed E-state index contributed by atoms with van der Waals surface area (Å²) in [4.78, 5) is 14.8. The van der Waals surface area contributed by atoms with Gasteiger partial charge in [-0.15, -0.1) is 24.8 Å². The first kappa shape index (κ1) is 20.2.